The SMILES string of the molecule is CCOc1ccccc1C/C=N/C(=S)NC1N=C(c2ccccc2Cl)c2cc(Cl)ccc2N(C)C1=O. The lowest BCUT2D eigenvalue weighted by Crippen LogP contribution is -2.45. The predicted molar refractivity (Wildman–Crippen MR) is 151 cm³/mol. The van der Waals surface area contributed by atoms with Gasteiger partial charge in [-0.3, -0.25) is 4.79 Å². The Bertz CT molecular complexity index is 1360. The fourth-order valence-electron chi connectivity index (χ4n) is 3.86. The summed E-state index contributed by atoms with van der Waals surface area (Å²) in [4.78, 5) is 24.0. The van der Waals surface area contributed by atoms with Crippen LogP contribution in [-0.2, 0) is 11.2 Å². The maximum Gasteiger partial charge on any atom is 0.272 e. The molecule has 0 saturated carbocycles. The lowest BCUT2D eigenvalue weighted by molar-refractivity contribution is -0.119. The molecule has 1 amide bonds. The number of para-hydroxylation sites is 1. The number of ether oxygens (including phenoxy) is 1. The summed E-state index contributed by atoms with van der Waals surface area (Å²) < 4.78 is 5.66. The smallest absolute Gasteiger partial charge is 0.272 e. The molecule has 0 bridgehead atoms. The molecule has 1 aliphatic heterocycles. The van der Waals surface area contributed by atoms with E-state index in [-0.39, 0.29) is 11.0 Å². The summed E-state index contributed by atoms with van der Waals surface area (Å²) in [5, 5.41) is 4.15. The van der Waals surface area contributed by atoms with E-state index in [1.165, 1.54) is 4.90 Å². The second-order valence-electron chi connectivity index (χ2n) is 7.92. The Morgan fingerprint density at radius 1 is 1.14 bits per heavy atom. The zero-order valence-corrected chi connectivity index (χ0v) is 22.1. The highest BCUT2D eigenvalue weighted by Crippen LogP contribution is 2.31. The molecule has 1 aliphatic rings. The van der Waals surface area contributed by atoms with Crippen molar-refractivity contribution in [2.75, 3.05) is 18.6 Å². The summed E-state index contributed by atoms with van der Waals surface area (Å²) in [6.07, 6.45) is 1.20. The highest BCUT2D eigenvalue weighted by atomic mass is 35.5. The first kappa shape index (κ1) is 25.8. The topological polar surface area (TPSA) is 66.3 Å². The molecule has 3 aromatic rings. The van der Waals surface area contributed by atoms with Crippen LogP contribution in [0.4, 0.5) is 5.69 Å². The van der Waals surface area contributed by atoms with Crippen molar-refractivity contribution in [3.63, 3.8) is 0 Å². The van der Waals surface area contributed by atoms with E-state index in [0.717, 1.165) is 11.3 Å². The number of halogens is 2. The number of carbonyl (C=O) groups excluding carboxylic acids is 1. The summed E-state index contributed by atoms with van der Waals surface area (Å²) in [6, 6.07) is 20.4. The molecule has 9 heteroatoms. The first-order chi connectivity index (χ1) is 17.4. The van der Waals surface area contributed by atoms with E-state index in [4.69, 9.17) is 45.1 Å². The number of hydrogen-bond donors (Lipinski definition) is 1. The highest BCUT2D eigenvalue weighted by Gasteiger charge is 2.31. The molecule has 0 spiro atoms. The van der Waals surface area contributed by atoms with Gasteiger partial charge in [0, 0.05) is 40.9 Å². The van der Waals surface area contributed by atoms with Gasteiger partial charge >= 0.3 is 0 Å². The van der Waals surface area contributed by atoms with Crippen LogP contribution in [0, 0.1) is 0 Å². The van der Waals surface area contributed by atoms with E-state index < -0.39 is 6.17 Å². The molecule has 1 unspecified atom stereocenters. The lowest BCUT2D eigenvalue weighted by atomic mass is 10.00. The molecular weight excluding hydrogens is 515 g/mol. The summed E-state index contributed by atoms with van der Waals surface area (Å²) in [5.41, 5.74) is 3.56. The van der Waals surface area contributed by atoms with E-state index in [9.17, 15) is 4.79 Å². The summed E-state index contributed by atoms with van der Waals surface area (Å²) in [6.45, 7) is 2.51. The minimum absolute atomic E-state index is 0.141. The number of anilines is 1. The number of nitrogens with one attached hydrogen (secondary N) is 1. The van der Waals surface area contributed by atoms with Crippen LogP contribution in [0.2, 0.25) is 10.0 Å². The fraction of sp³-hybridized carbons (Fsp3) is 0.185. The zero-order chi connectivity index (χ0) is 25.7. The van der Waals surface area contributed by atoms with Crippen molar-refractivity contribution in [2.24, 2.45) is 9.98 Å². The molecule has 3 aromatic carbocycles. The van der Waals surface area contributed by atoms with Crippen LogP contribution >= 0.6 is 35.4 Å². The first-order valence-corrected chi connectivity index (χ1v) is 12.5. The van der Waals surface area contributed by atoms with E-state index >= 15 is 0 Å². The largest absolute Gasteiger partial charge is 0.494 e. The van der Waals surface area contributed by atoms with Gasteiger partial charge in [0.15, 0.2) is 5.11 Å². The van der Waals surface area contributed by atoms with E-state index in [1.807, 2.05) is 49.4 Å². The third kappa shape index (κ3) is 5.75. The van der Waals surface area contributed by atoms with Crippen molar-refractivity contribution in [1.29, 1.82) is 0 Å². The summed E-state index contributed by atoms with van der Waals surface area (Å²) >= 11 is 18.3. The Morgan fingerprint density at radius 2 is 1.89 bits per heavy atom. The van der Waals surface area contributed by atoms with Crippen LogP contribution in [0.5, 0.6) is 5.75 Å². The van der Waals surface area contributed by atoms with Crippen LogP contribution in [0.15, 0.2) is 76.7 Å². The van der Waals surface area contributed by atoms with Crippen LogP contribution < -0.4 is 15.0 Å². The molecule has 4 rings (SSSR count). The number of carbonyl (C=O) groups is 1. The Morgan fingerprint density at radius 3 is 2.67 bits per heavy atom. The van der Waals surface area contributed by atoms with Gasteiger partial charge in [0.1, 0.15) is 5.75 Å². The van der Waals surface area contributed by atoms with Crippen molar-refractivity contribution in [2.45, 2.75) is 19.5 Å². The number of likely N-dealkylation sites (N-methyl/N-ethyl adjacent to an activating group) is 1. The number of aliphatic imine (C=N–C) groups is 2. The van der Waals surface area contributed by atoms with Gasteiger partial charge in [-0.2, -0.15) is 0 Å². The number of benzene rings is 3. The number of nitrogens with zero attached hydrogens (tertiary/aromatic N) is 3. The second-order valence-corrected chi connectivity index (χ2v) is 9.16. The number of rotatable bonds is 6. The zero-order valence-electron chi connectivity index (χ0n) is 19.7. The molecule has 1 heterocycles. The quantitative estimate of drug-likeness (QED) is 0.322. The molecule has 1 N–H and O–H groups in total. The van der Waals surface area contributed by atoms with E-state index in [1.54, 1.807) is 37.5 Å². The van der Waals surface area contributed by atoms with Gasteiger partial charge in [0.2, 0.25) is 6.17 Å². The minimum Gasteiger partial charge on any atom is -0.494 e. The average Bonchev–Trinajstić information content (AvgIpc) is 2.96. The van der Waals surface area contributed by atoms with E-state index in [2.05, 4.69) is 10.3 Å². The average molecular weight is 539 g/mol. The summed E-state index contributed by atoms with van der Waals surface area (Å²) in [7, 11) is 1.69. The van der Waals surface area contributed by atoms with Gasteiger partial charge in [0.05, 0.1) is 18.0 Å². The lowest BCUT2D eigenvalue weighted by Gasteiger charge is -2.21. The fourth-order valence-corrected chi connectivity index (χ4v) is 4.44. The van der Waals surface area contributed by atoms with Gasteiger partial charge in [0.25, 0.3) is 5.91 Å². The van der Waals surface area contributed by atoms with Crippen LogP contribution in [-0.4, -0.2) is 42.8 Å². The molecule has 6 nitrogen and oxygen atoms in total. The van der Waals surface area contributed by atoms with E-state index in [0.29, 0.717) is 45.6 Å². The van der Waals surface area contributed by atoms with Gasteiger partial charge in [-0.05, 0) is 55.0 Å². The third-order valence-corrected chi connectivity index (χ3v) is 6.37. The van der Waals surface area contributed by atoms with Crippen LogP contribution in [0.1, 0.15) is 23.6 Å². The Balaban J connectivity index is 1.62. The number of thiocarbonyl (C=S) groups is 1. The summed E-state index contributed by atoms with van der Waals surface area (Å²) in [5.74, 6) is 0.510. The normalized spacial score (nSPS) is 15.3. The molecule has 36 heavy (non-hydrogen) atoms. The van der Waals surface area contributed by atoms with Crippen molar-refractivity contribution in [3.05, 3.63) is 93.5 Å². The van der Waals surface area contributed by atoms with Crippen molar-refractivity contribution in [3.8, 4) is 5.75 Å². The third-order valence-electron chi connectivity index (χ3n) is 5.58. The van der Waals surface area contributed by atoms with Gasteiger partial charge in [-0.1, -0.05) is 59.6 Å². The molecule has 184 valence electrons. The van der Waals surface area contributed by atoms with Crippen LogP contribution in [0.25, 0.3) is 0 Å². The predicted octanol–water partition coefficient (Wildman–Crippen LogP) is 5.72. The molecule has 0 aliphatic carbocycles. The standard InChI is InChI=1S/C27H24Cl2N4O2S/c1-3-35-23-11-7-4-8-17(23)14-15-30-27(36)32-25-26(34)33(2)22-13-12-18(28)16-20(22)24(31-25)19-9-5-6-10-21(19)29/h4-13,15-16,25H,3,14H2,1-2H3,(H,32,36)/b30-15+. The number of fused-ring (bicyclic) bond motifs is 1. The molecule has 0 fully saturated rings. The number of benzodiazepines with no additional fused rings is 1. The molecule has 0 aromatic heterocycles. The highest BCUT2D eigenvalue weighted by molar-refractivity contribution is 7.80. The number of hydrogen-bond acceptors (Lipinski definition) is 4. The molecule has 0 radical (unpaired) electrons. The molecule has 0 saturated heterocycles. The van der Waals surface area contributed by atoms with Gasteiger partial charge < -0.3 is 15.0 Å². The first-order valence-electron chi connectivity index (χ1n) is 11.3. The Hall–Kier alpha value is -3.26. The Labute approximate surface area is 225 Å². The van der Waals surface area contributed by atoms with Crippen molar-refractivity contribution < 1.29 is 9.53 Å². The second kappa shape index (κ2) is 11.6. The van der Waals surface area contributed by atoms with Crippen LogP contribution in [0.3, 0.4) is 0 Å². The van der Waals surface area contributed by atoms with Crippen molar-refractivity contribution >= 4 is 64.1 Å². The monoisotopic (exact) mass is 538 g/mol. The van der Waals surface area contributed by atoms with Gasteiger partial charge in [-0.25, -0.2) is 9.98 Å². The maximum absolute atomic E-state index is 13.4. The van der Waals surface area contributed by atoms with Gasteiger partial charge in [-0.15, -0.1) is 0 Å². The Kier molecular flexibility index (Phi) is 8.36. The number of amides is 1. The molecular formula is C27H24Cl2N4O2S. The molecule has 1 atom stereocenters. The minimum atomic E-state index is -1.01. The van der Waals surface area contributed by atoms with Crippen molar-refractivity contribution in [1.82, 2.24) is 5.32 Å². The maximum atomic E-state index is 13.4.